The average Bonchev–Trinajstić information content (AvgIpc) is 2.79. The summed E-state index contributed by atoms with van der Waals surface area (Å²) in [6.07, 6.45) is 3.44. The van der Waals surface area contributed by atoms with E-state index in [0.29, 0.717) is 24.7 Å². The molecular weight excluding hydrogens is 393 g/mol. The van der Waals surface area contributed by atoms with Crippen molar-refractivity contribution < 1.29 is 9.18 Å². The number of hydrogen-bond acceptors (Lipinski definition) is 5. The molecule has 0 spiro atoms. The smallest absolute Gasteiger partial charge is 0.229 e. The maximum absolute atomic E-state index is 13.4. The summed E-state index contributed by atoms with van der Waals surface area (Å²) in [5.41, 5.74) is 2.88. The monoisotopic (exact) mass is 419 g/mol. The van der Waals surface area contributed by atoms with Gasteiger partial charge in [-0.2, -0.15) is 4.98 Å². The second-order valence-corrected chi connectivity index (χ2v) is 7.86. The third-order valence-corrected chi connectivity index (χ3v) is 5.43. The van der Waals surface area contributed by atoms with Crippen molar-refractivity contribution in [1.82, 2.24) is 15.3 Å². The predicted octanol–water partition coefficient (Wildman–Crippen LogP) is 4.20. The van der Waals surface area contributed by atoms with E-state index in [-0.39, 0.29) is 17.6 Å². The van der Waals surface area contributed by atoms with Gasteiger partial charge in [0.1, 0.15) is 11.6 Å². The Kier molecular flexibility index (Phi) is 6.40. The zero-order valence-electron chi connectivity index (χ0n) is 17.5. The Labute approximate surface area is 181 Å². The number of nitrogens with one attached hydrogen (secondary N) is 2. The minimum atomic E-state index is -0.323. The van der Waals surface area contributed by atoms with Crippen LogP contribution in [0.2, 0.25) is 0 Å². The Morgan fingerprint density at radius 2 is 2.03 bits per heavy atom. The second-order valence-electron chi connectivity index (χ2n) is 7.86. The molecule has 6 nitrogen and oxygen atoms in total. The van der Waals surface area contributed by atoms with E-state index in [1.165, 1.54) is 17.7 Å². The molecule has 1 saturated heterocycles. The number of carbonyl (C=O) groups excluding carboxylic acids is 1. The molecule has 0 radical (unpaired) electrons. The van der Waals surface area contributed by atoms with Gasteiger partial charge in [-0.1, -0.05) is 35.9 Å². The Hall–Kier alpha value is -3.48. The fraction of sp³-hybridized carbons (Fsp3) is 0.292. The highest BCUT2D eigenvalue weighted by atomic mass is 19.1. The molecule has 2 N–H and O–H groups in total. The van der Waals surface area contributed by atoms with Crippen LogP contribution in [-0.2, 0) is 11.3 Å². The summed E-state index contributed by atoms with van der Waals surface area (Å²) < 4.78 is 13.4. The van der Waals surface area contributed by atoms with Crippen molar-refractivity contribution in [3.8, 4) is 0 Å². The fourth-order valence-electron chi connectivity index (χ4n) is 3.72. The number of anilines is 3. The molecular formula is C24H26FN5O. The number of halogens is 1. The molecule has 3 aromatic rings. The highest BCUT2D eigenvalue weighted by Gasteiger charge is 2.26. The first kappa shape index (κ1) is 20.8. The summed E-state index contributed by atoms with van der Waals surface area (Å²) in [6.45, 7) is 4.02. The molecule has 1 aromatic heterocycles. The lowest BCUT2D eigenvalue weighted by Crippen LogP contribution is -2.43. The lowest BCUT2D eigenvalue weighted by molar-refractivity contribution is -0.125. The molecule has 31 heavy (non-hydrogen) atoms. The quantitative estimate of drug-likeness (QED) is 0.627. The van der Waals surface area contributed by atoms with Gasteiger partial charge in [0.25, 0.3) is 0 Å². The summed E-state index contributed by atoms with van der Waals surface area (Å²) in [5, 5.41) is 6.10. The molecule has 1 fully saturated rings. The topological polar surface area (TPSA) is 70.2 Å². The van der Waals surface area contributed by atoms with E-state index in [0.717, 1.165) is 30.8 Å². The van der Waals surface area contributed by atoms with Gasteiger partial charge in [0, 0.05) is 31.5 Å². The molecule has 160 valence electrons. The third kappa shape index (κ3) is 5.57. The lowest BCUT2D eigenvalue weighted by Gasteiger charge is -2.33. The van der Waals surface area contributed by atoms with E-state index >= 15 is 0 Å². The second kappa shape index (κ2) is 9.55. The molecule has 0 saturated carbocycles. The standard InChI is InChI=1S/C24H26FN5O/c1-17-7-9-18(10-8-17)15-27-23(31)19-4-3-13-30(16-19)22-11-12-26-24(29-22)28-21-6-2-5-20(25)14-21/h2,5-12,14,19H,3-4,13,15-16H2,1H3,(H,27,31)(H,26,28,29)/t19-/m0/s1. The summed E-state index contributed by atoms with van der Waals surface area (Å²) in [5.74, 6) is 0.807. The van der Waals surface area contributed by atoms with Crippen LogP contribution in [0.5, 0.6) is 0 Å². The predicted molar refractivity (Wildman–Crippen MR) is 120 cm³/mol. The molecule has 1 aliphatic rings. The van der Waals surface area contributed by atoms with E-state index in [1.54, 1.807) is 18.3 Å². The summed E-state index contributed by atoms with van der Waals surface area (Å²) >= 11 is 0. The highest BCUT2D eigenvalue weighted by molar-refractivity contribution is 5.79. The van der Waals surface area contributed by atoms with Crippen LogP contribution in [0.25, 0.3) is 0 Å². The number of amides is 1. The summed E-state index contributed by atoms with van der Waals surface area (Å²) in [4.78, 5) is 23.6. The normalized spacial score (nSPS) is 16.1. The first-order valence-electron chi connectivity index (χ1n) is 10.5. The van der Waals surface area contributed by atoms with Crippen LogP contribution >= 0.6 is 0 Å². The number of piperidine rings is 1. The molecule has 1 aliphatic heterocycles. The van der Waals surface area contributed by atoms with Crippen LogP contribution in [0, 0.1) is 18.7 Å². The molecule has 2 heterocycles. The molecule has 0 aliphatic carbocycles. The van der Waals surface area contributed by atoms with Gasteiger partial charge in [-0.3, -0.25) is 4.79 Å². The Balaban J connectivity index is 1.37. The van der Waals surface area contributed by atoms with Crippen molar-refractivity contribution in [2.45, 2.75) is 26.3 Å². The van der Waals surface area contributed by atoms with Gasteiger partial charge < -0.3 is 15.5 Å². The molecule has 0 unspecified atom stereocenters. The van der Waals surface area contributed by atoms with Crippen LogP contribution in [0.3, 0.4) is 0 Å². The molecule has 7 heteroatoms. The number of aryl methyl sites for hydroxylation is 1. The third-order valence-electron chi connectivity index (χ3n) is 5.43. The van der Waals surface area contributed by atoms with Gasteiger partial charge in [-0.15, -0.1) is 0 Å². The zero-order valence-corrected chi connectivity index (χ0v) is 17.5. The average molecular weight is 420 g/mol. The van der Waals surface area contributed by atoms with Crippen LogP contribution in [0.1, 0.15) is 24.0 Å². The minimum absolute atomic E-state index is 0.0671. The van der Waals surface area contributed by atoms with E-state index < -0.39 is 0 Å². The van der Waals surface area contributed by atoms with Crippen molar-refractivity contribution in [3.63, 3.8) is 0 Å². The van der Waals surface area contributed by atoms with E-state index in [1.807, 2.05) is 37.3 Å². The van der Waals surface area contributed by atoms with Crippen LogP contribution in [-0.4, -0.2) is 29.0 Å². The number of rotatable bonds is 6. The van der Waals surface area contributed by atoms with E-state index in [9.17, 15) is 9.18 Å². The van der Waals surface area contributed by atoms with E-state index in [2.05, 4.69) is 25.5 Å². The Bertz CT molecular complexity index is 1040. The largest absolute Gasteiger partial charge is 0.356 e. The Morgan fingerprint density at radius 3 is 2.84 bits per heavy atom. The van der Waals surface area contributed by atoms with Gasteiger partial charge in [0.2, 0.25) is 11.9 Å². The van der Waals surface area contributed by atoms with Crippen molar-refractivity contribution in [1.29, 1.82) is 0 Å². The van der Waals surface area contributed by atoms with Crippen LogP contribution in [0.15, 0.2) is 60.8 Å². The SMILES string of the molecule is Cc1ccc(CNC(=O)[C@H]2CCCN(c3ccnc(Nc4cccc(F)c4)n3)C2)cc1. The van der Waals surface area contributed by atoms with Gasteiger partial charge in [0.05, 0.1) is 5.92 Å². The number of nitrogens with zero attached hydrogens (tertiary/aromatic N) is 3. The Morgan fingerprint density at radius 1 is 1.19 bits per heavy atom. The van der Waals surface area contributed by atoms with E-state index in [4.69, 9.17) is 0 Å². The van der Waals surface area contributed by atoms with Gasteiger partial charge in [0.15, 0.2) is 0 Å². The van der Waals surface area contributed by atoms with Gasteiger partial charge in [-0.25, -0.2) is 9.37 Å². The molecule has 4 rings (SSSR count). The summed E-state index contributed by atoms with van der Waals surface area (Å²) in [6, 6.07) is 16.2. The molecule has 0 bridgehead atoms. The molecule has 1 atom stereocenters. The molecule has 2 aromatic carbocycles. The van der Waals surface area contributed by atoms with Crippen molar-refractivity contribution in [2.24, 2.45) is 5.92 Å². The number of hydrogen-bond donors (Lipinski definition) is 2. The van der Waals surface area contributed by atoms with Crippen LogP contribution in [0.4, 0.5) is 21.8 Å². The number of benzene rings is 2. The zero-order chi connectivity index (χ0) is 21.6. The number of carbonyl (C=O) groups is 1. The molecule has 1 amide bonds. The first-order chi connectivity index (χ1) is 15.1. The number of aromatic nitrogens is 2. The minimum Gasteiger partial charge on any atom is -0.356 e. The maximum atomic E-state index is 13.4. The van der Waals surface area contributed by atoms with Crippen molar-refractivity contribution in [2.75, 3.05) is 23.3 Å². The van der Waals surface area contributed by atoms with Crippen molar-refractivity contribution in [3.05, 3.63) is 77.7 Å². The summed E-state index contributed by atoms with van der Waals surface area (Å²) in [7, 11) is 0. The van der Waals surface area contributed by atoms with Gasteiger partial charge in [-0.05, 0) is 49.6 Å². The van der Waals surface area contributed by atoms with Gasteiger partial charge >= 0.3 is 0 Å². The van der Waals surface area contributed by atoms with Crippen LogP contribution < -0.4 is 15.5 Å². The maximum Gasteiger partial charge on any atom is 0.229 e. The highest BCUT2D eigenvalue weighted by Crippen LogP contribution is 2.23. The van der Waals surface area contributed by atoms with Crippen molar-refractivity contribution >= 4 is 23.4 Å². The lowest BCUT2D eigenvalue weighted by atomic mass is 9.97. The fourth-order valence-corrected chi connectivity index (χ4v) is 3.72. The first-order valence-corrected chi connectivity index (χ1v) is 10.5.